The molecule has 0 saturated carbocycles. The van der Waals surface area contributed by atoms with E-state index in [1.165, 1.54) is 13.1 Å². The van der Waals surface area contributed by atoms with Gasteiger partial charge in [-0.1, -0.05) is 48.5 Å². The van der Waals surface area contributed by atoms with Gasteiger partial charge in [0.15, 0.2) is 0 Å². The average molecular weight is 770 g/mol. The lowest BCUT2D eigenvalue weighted by molar-refractivity contribution is -0.131. The van der Waals surface area contributed by atoms with E-state index in [9.17, 15) is 19.2 Å². The van der Waals surface area contributed by atoms with E-state index in [0.717, 1.165) is 48.3 Å². The van der Waals surface area contributed by atoms with Gasteiger partial charge < -0.3 is 40.3 Å². The molecular formula is C41H39N9O7. The molecule has 1 amide bonds. The molecule has 0 bridgehead atoms. The topological polar surface area (TPSA) is 201 Å². The lowest BCUT2D eigenvalue weighted by Gasteiger charge is -2.26. The number of hydrogen-bond donors (Lipinski definition) is 4. The molecule has 0 spiro atoms. The predicted molar refractivity (Wildman–Crippen MR) is 215 cm³/mol. The van der Waals surface area contributed by atoms with Crippen LogP contribution in [0.4, 0.5) is 34.9 Å². The number of benzene rings is 4. The first-order valence-electron chi connectivity index (χ1n) is 18.2. The van der Waals surface area contributed by atoms with Crippen molar-refractivity contribution in [1.29, 1.82) is 0 Å². The molecule has 16 heteroatoms. The molecule has 290 valence electrons. The van der Waals surface area contributed by atoms with Gasteiger partial charge in [0.2, 0.25) is 11.9 Å². The number of rotatable bonds is 10. The fraction of sp³-hybridized carbons (Fsp3) is 0.220. The molecule has 4 aromatic carbocycles. The highest BCUT2D eigenvalue weighted by atomic mass is 16.5. The SMILES string of the molecule is CNC(=O)C(=O)c1ccc(Nc2ccnc(N3CCOCC3)n2)c2ccccc12.O=C(O)C(=O)c1ccc(Nc2ccnc(N3CCOCC3)n2)c2ccccc12. The standard InChI is InChI=1S/C21H21N5O3.C20H18N4O4/c1-22-20(28)19(27)16-6-7-17(15-5-3-2-4-14(15)16)24-18-8-9-23-21(25-18)26-10-12-29-13-11-26;25-18(19(26)27)15-5-6-16(14-4-2-1-3-13(14)15)22-17-7-8-21-20(23-17)24-9-11-28-12-10-24/h2-9H,10-13H2,1H3,(H,22,28)(H,23,24,25);1-8H,9-12H2,(H,26,27)(H,21,22,23). The van der Waals surface area contributed by atoms with Gasteiger partial charge in [-0.25, -0.2) is 14.8 Å². The van der Waals surface area contributed by atoms with Gasteiger partial charge >= 0.3 is 5.97 Å². The summed E-state index contributed by atoms with van der Waals surface area (Å²) >= 11 is 0. The Bertz CT molecular complexity index is 2450. The Kier molecular flexibility index (Phi) is 11.8. The summed E-state index contributed by atoms with van der Waals surface area (Å²) in [6.07, 6.45) is 3.40. The molecule has 0 aliphatic carbocycles. The maximum Gasteiger partial charge on any atom is 0.377 e. The molecule has 6 aromatic rings. The lowest BCUT2D eigenvalue weighted by atomic mass is 9.99. The molecule has 2 aliphatic rings. The zero-order chi connectivity index (χ0) is 39.7. The summed E-state index contributed by atoms with van der Waals surface area (Å²) in [4.78, 5) is 69.3. The van der Waals surface area contributed by atoms with Crippen LogP contribution in [0, 0.1) is 0 Å². The molecule has 0 radical (unpaired) electrons. The molecule has 2 aliphatic heterocycles. The number of hydrogen-bond acceptors (Lipinski definition) is 14. The number of anilines is 6. The van der Waals surface area contributed by atoms with Crippen molar-refractivity contribution in [2.75, 3.05) is 80.1 Å². The number of fused-ring (bicyclic) bond motifs is 2. The van der Waals surface area contributed by atoms with Crippen molar-refractivity contribution in [3.63, 3.8) is 0 Å². The summed E-state index contributed by atoms with van der Waals surface area (Å²) in [5.41, 5.74) is 2.04. The number of likely N-dealkylation sites (N-methyl/N-ethyl adjacent to an activating group) is 1. The molecular weight excluding hydrogens is 731 g/mol. The molecule has 4 heterocycles. The highest BCUT2D eigenvalue weighted by Crippen LogP contribution is 2.31. The summed E-state index contributed by atoms with van der Waals surface area (Å²) in [5, 5.41) is 20.9. The quantitative estimate of drug-likeness (QED) is 0.111. The number of carboxylic acid groups (broad SMARTS) is 1. The first-order chi connectivity index (χ1) is 27.8. The second-order valence-electron chi connectivity index (χ2n) is 12.9. The molecule has 2 aromatic heterocycles. The Hall–Kier alpha value is -7.04. The second kappa shape index (κ2) is 17.6. The van der Waals surface area contributed by atoms with E-state index < -0.39 is 23.4 Å². The summed E-state index contributed by atoms with van der Waals surface area (Å²) in [5.74, 6) is -1.08. The van der Waals surface area contributed by atoms with Crippen LogP contribution < -0.4 is 25.8 Å². The molecule has 4 N–H and O–H groups in total. The molecule has 2 saturated heterocycles. The van der Waals surface area contributed by atoms with Gasteiger partial charge in [0.05, 0.1) is 26.4 Å². The smallest absolute Gasteiger partial charge is 0.377 e. The van der Waals surface area contributed by atoms with Crippen LogP contribution >= 0.6 is 0 Å². The minimum atomic E-state index is -1.48. The van der Waals surface area contributed by atoms with Gasteiger partial charge in [-0.3, -0.25) is 14.4 Å². The van der Waals surface area contributed by atoms with E-state index in [2.05, 4.69) is 45.7 Å². The third-order valence-corrected chi connectivity index (χ3v) is 9.36. The van der Waals surface area contributed by atoms with E-state index in [1.54, 1.807) is 54.9 Å². The minimum Gasteiger partial charge on any atom is -0.475 e. The average Bonchev–Trinajstić information content (AvgIpc) is 3.27. The number of ketones is 2. The molecule has 0 atom stereocenters. The van der Waals surface area contributed by atoms with Crippen LogP contribution in [-0.2, 0) is 19.1 Å². The van der Waals surface area contributed by atoms with E-state index in [1.807, 2.05) is 36.4 Å². The van der Waals surface area contributed by atoms with Crippen molar-refractivity contribution >= 4 is 79.9 Å². The van der Waals surface area contributed by atoms with Gasteiger partial charge in [0.25, 0.3) is 17.5 Å². The number of carboxylic acids is 1. The predicted octanol–water partition coefficient (Wildman–Crippen LogP) is 4.62. The summed E-state index contributed by atoms with van der Waals surface area (Å²) in [7, 11) is 1.44. The largest absolute Gasteiger partial charge is 0.475 e. The number of Topliss-reactive ketones (excluding diaryl/α,β-unsaturated/α-hetero) is 2. The number of nitrogens with one attached hydrogen (secondary N) is 3. The number of amides is 1. The van der Waals surface area contributed by atoms with Crippen LogP contribution in [0.5, 0.6) is 0 Å². The number of carbonyl (C=O) groups is 4. The normalized spacial score (nSPS) is 14.0. The van der Waals surface area contributed by atoms with Crippen molar-refractivity contribution in [2.24, 2.45) is 0 Å². The third kappa shape index (κ3) is 8.77. The Morgan fingerprint density at radius 1 is 0.579 bits per heavy atom. The molecule has 2 fully saturated rings. The van der Waals surface area contributed by atoms with Crippen molar-refractivity contribution in [3.05, 3.63) is 108 Å². The lowest BCUT2D eigenvalue weighted by Crippen LogP contribution is -2.37. The van der Waals surface area contributed by atoms with Crippen LogP contribution in [0.25, 0.3) is 21.5 Å². The Labute approximate surface area is 326 Å². The number of morpholine rings is 2. The fourth-order valence-electron chi connectivity index (χ4n) is 6.51. The van der Waals surface area contributed by atoms with Gasteiger partial charge in [-0.05, 0) is 47.2 Å². The van der Waals surface area contributed by atoms with Crippen molar-refractivity contribution in [3.8, 4) is 0 Å². The van der Waals surface area contributed by atoms with Gasteiger partial charge in [0, 0.05) is 78.9 Å². The van der Waals surface area contributed by atoms with Crippen molar-refractivity contribution < 1.29 is 33.8 Å². The number of nitrogens with zero attached hydrogens (tertiary/aromatic N) is 6. The van der Waals surface area contributed by atoms with Gasteiger partial charge in [-0.15, -0.1) is 0 Å². The van der Waals surface area contributed by atoms with Crippen LogP contribution in [-0.4, -0.2) is 108 Å². The number of carbonyl (C=O) groups excluding carboxylic acids is 3. The Morgan fingerprint density at radius 3 is 1.42 bits per heavy atom. The zero-order valence-electron chi connectivity index (χ0n) is 31.0. The van der Waals surface area contributed by atoms with Crippen LogP contribution in [0.3, 0.4) is 0 Å². The number of aliphatic carboxylic acids is 1. The van der Waals surface area contributed by atoms with Gasteiger partial charge in [-0.2, -0.15) is 9.97 Å². The Morgan fingerprint density at radius 2 is 1.00 bits per heavy atom. The van der Waals surface area contributed by atoms with E-state index in [-0.39, 0.29) is 5.56 Å². The maximum atomic E-state index is 12.4. The van der Waals surface area contributed by atoms with Crippen LogP contribution in [0.2, 0.25) is 0 Å². The van der Waals surface area contributed by atoms with Gasteiger partial charge in [0.1, 0.15) is 11.6 Å². The van der Waals surface area contributed by atoms with Crippen LogP contribution in [0.1, 0.15) is 20.7 Å². The first kappa shape index (κ1) is 38.2. The number of ether oxygens (including phenoxy) is 2. The molecule has 8 rings (SSSR count). The Balaban J connectivity index is 0.000000174. The summed E-state index contributed by atoms with van der Waals surface area (Å²) in [6.45, 7) is 5.58. The van der Waals surface area contributed by atoms with E-state index in [4.69, 9.17) is 14.6 Å². The monoisotopic (exact) mass is 769 g/mol. The van der Waals surface area contributed by atoms with Crippen LogP contribution in [0.15, 0.2) is 97.3 Å². The summed E-state index contributed by atoms with van der Waals surface area (Å²) < 4.78 is 10.7. The summed E-state index contributed by atoms with van der Waals surface area (Å²) in [6, 6.07) is 24.8. The first-order valence-corrected chi connectivity index (χ1v) is 18.2. The minimum absolute atomic E-state index is 0.158. The maximum absolute atomic E-state index is 12.4. The number of aromatic nitrogens is 4. The fourth-order valence-corrected chi connectivity index (χ4v) is 6.51. The van der Waals surface area contributed by atoms with E-state index >= 15 is 0 Å². The highest BCUT2D eigenvalue weighted by molar-refractivity contribution is 6.45. The second-order valence-corrected chi connectivity index (χ2v) is 12.9. The van der Waals surface area contributed by atoms with E-state index in [0.29, 0.717) is 66.3 Å². The highest BCUT2D eigenvalue weighted by Gasteiger charge is 2.21. The molecule has 16 nitrogen and oxygen atoms in total. The van der Waals surface area contributed by atoms with Crippen molar-refractivity contribution in [1.82, 2.24) is 25.3 Å². The van der Waals surface area contributed by atoms with Crippen molar-refractivity contribution in [2.45, 2.75) is 0 Å². The molecule has 0 unspecified atom stereocenters. The zero-order valence-corrected chi connectivity index (χ0v) is 31.0. The third-order valence-electron chi connectivity index (χ3n) is 9.36. The molecule has 57 heavy (non-hydrogen) atoms.